The van der Waals surface area contributed by atoms with Gasteiger partial charge in [0.05, 0.1) is 4.47 Å². The molecule has 0 atom stereocenters. The lowest BCUT2D eigenvalue weighted by atomic mass is 10.2. The van der Waals surface area contributed by atoms with E-state index in [0.29, 0.717) is 22.9 Å². The van der Waals surface area contributed by atoms with Crippen LogP contribution in [0.1, 0.15) is 11.1 Å². The molecule has 0 aliphatic rings. The fourth-order valence-electron chi connectivity index (χ4n) is 1.53. The number of benzene rings is 2. The second-order valence-corrected chi connectivity index (χ2v) is 5.26. The van der Waals surface area contributed by atoms with E-state index in [1.54, 1.807) is 18.2 Å². The zero-order chi connectivity index (χ0) is 13.8. The molecule has 5 heteroatoms. The monoisotopic (exact) mass is 338 g/mol. The van der Waals surface area contributed by atoms with Crippen LogP contribution in [-0.4, -0.2) is 5.84 Å². The number of amidine groups is 1. The molecule has 0 unspecified atom stereocenters. The number of ether oxygens (including phenoxy) is 1. The molecular weight excluding hydrogens is 328 g/mol. The number of nitrogens with one attached hydrogen (secondary N) is 1. The van der Waals surface area contributed by atoms with Gasteiger partial charge in [-0.3, -0.25) is 5.41 Å². The number of hydrogen-bond donors (Lipinski definition) is 2. The van der Waals surface area contributed by atoms with Crippen LogP contribution in [-0.2, 0) is 6.61 Å². The molecule has 3 nitrogen and oxygen atoms in total. The summed E-state index contributed by atoms with van der Waals surface area (Å²) in [5.74, 6) is 0.741. The van der Waals surface area contributed by atoms with Gasteiger partial charge in [0.2, 0.25) is 0 Å². The van der Waals surface area contributed by atoms with E-state index >= 15 is 0 Å². The quantitative estimate of drug-likeness (QED) is 0.654. The molecule has 19 heavy (non-hydrogen) atoms. The van der Waals surface area contributed by atoms with Crippen LogP contribution in [0.15, 0.2) is 46.9 Å². The molecule has 2 aromatic carbocycles. The molecular formula is C14H12BrClN2O. The Balaban J connectivity index is 2.07. The first kappa shape index (κ1) is 13.9. The van der Waals surface area contributed by atoms with Crippen LogP contribution in [0, 0.1) is 5.41 Å². The highest BCUT2D eigenvalue weighted by atomic mass is 79.9. The molecule has 0 aromatic heterocycles. The maximum Gasteiger partial charge on any atom is 0.134 e. The highest BCUT2D eigenvalue weighted by Gasteiger charge is 2.05. The summed E-state index contributed by atoms with van der Waals surface area (Å²) in [4.78, 5) is 0. The Kier molecular flexibility index (Phi) is 4.45. The van der Waals surface area contributed by atoms with Gasteiger partial charge >= 0.3 is 0 Å². The number of halogens is 2. The van der Waals surface area contributed by atoms with Crippen molar-refractivity contribution in [1.82, 2.24) is 0 Å². The lowest BCUT2D eigenvalue weighted by Crippen LogP contribution is -2.10. The number of hydrogen-bond acceptors (Lipinski definition) is 2. The summed E-state index contributed by atoms with van der Waals surface area (Å²) >= 11 is 9.22. The van der Waals surface area contributed by atoms with Gasteiger partial charge in [-0.15, -0.1) is 0 Å². The van der Waals surface area contributed by atoms with Gasteiger partial charge in [0.25, 0.3) is 0 Å². The van der Waals surface area contributed by atoms with Crippen LogP contribution < -0.4 is 10.5 Å². The normalized spacial score (nSPS) is 10.2. The largest absolute Gasteiger partial charge is 0.488 e. The van der Waals surface area contributed by atoms with E-state index in [-0.39, 0.29) is 5.84 Å². The van der Waals surface area contributed by atoms with E-state index in [4.69, 9.17) is 27.5 Å². The third kappa shape index (κ3) is 3.72. The SMILES string of the molecule is N=C(N)c1ccc(OCc2ccc(Cl)cc2)c(Br)c1. The second-order valence-electron chi connectivity index (χ2n) is 3.97. The Morgan fingerprint density at radius 3 is 2.47 bits per heavy atom. The fraction of sp³-hybridized carbons (Fsp3) is 0.0714. The first-order valence-electron chi connectivity index (χ1n) is 5.57. The molecule has 0 heterocycles. The zero-order valence-corrected chi connectivity index (χ0v) is 12.3. The molecule has 0 fully saturated rings. The van der Waals surface area contributed by atoms with Gasteiger partial charge < -0.3 is 10.5 Å². The summed E-state index contributed by atoms with van der Waals surface area (Å²) in [5, 5.41) is 8.07. The van der Waals surface area contributed by atoms with E-state index < -0.39 is 0 Å². The van der Waals surface area contributed by atoms with Crippen molar-refractivity contribution in [2.45, 2.75) is 6.61 Å². The molecule has 0 aliphatic carbocycles. The molecule has 0 spiro atoms. The van der Waals surface area contributed by atoms with E-state index in [9.17, 15) is 0 Å². The summed E-state index contributed by atoms with van der Waals surface area (Å²) < 4.78 is 6.47. The molecule has 0 radical (unpaired) electrons. The molecule has 0 bridgehead atoms. The van der Waals surface area contributed by atoms with Crippen LogP contribution in [0.4, 0.5) is 0 Å². The van der Waals surface area contributed by atoms with Crippen molar-refractivity contribution in [2.24, 2.45) is 5.73 Å². The maximum atomic E-state index is 7.36. The molecule has 98 valence electrons. The van der Waals surface area contributed by atoms with Crippen molar-refractivity contribution >= 4 is 33.4 Å². The Bertz CT molecular complexity index is 599. The second kappa shape index (κ2) is 6.08. The number of nitrogens with two attached hydrogens (primary N) is 1. The van der Waals surface area contributed by atoms with E-state index in [0.717, 1.165) is 10.0 Å². The van der Waals surface area contributed by atoms with Crippen LogP contribution >= 0.6 is 27.5 Å². The predicted molar refractivity (Wildman–Crippen MR) is 80.9 cm³/mol. The Morgan fingerprint density at radius 1 is 1.21 bits per heavy atom. The van der Waals surface area contributed by atoms with Gasteiger partial charge in [-0.2, -0.15) is 0 Å². The summed E-state index contributed by atoms with van der Waals surface area (Å²) in [6, 6.07) is 12.8. The van der Waals surface area contributed by atoms with Gasteiger partial charge in [0.1, 0.15) is 18.2 Å². The first-order chi connectivity index (χ1) is 9.06. The van der Waals surface area contributed by atoms with Crippen LogP contribution in [0.3, 0.4) is 0 Å². The van der Waals surface area contributed by atoms with Gasteiger partial charge in [-0.05, 0) is 51.8 Å². The molecule has 0 amide bonds. The van der Waals surface area contributed by atoms with Gasteiger partial charge in [-0.25, -0.2) is 0 Å². The van der Waals surface area contributed by atoms with Crippen molar-refractivity contribution in [1.29, 1.82) is 5.41 Å². The standard InChI is InChI=1S/C14H12BrClN2O/c15-12-7-10(14(17)18)3-6-13(12)19-8-9-1-4-11(16)5-2-9/h1-7H,8H2,(H3,17,18). The third-order valence-electron chi connectivity index (χ3n) is 2.55. The molecule has 0 aliphatic heterocycles. The van der Waals surface area contributed by atoms with Crippen molar-refractivity contribution < 1.29 is 4.74 Å². The smallest absolute Gasteiger partial charge is 0.134 e. The van der Waals surface area contributed by atoms with E-state index in [1.807, 2.05) is 24.3 Å². The summed E-state index contributed by atoms with van der Waals surface area (Å²) in [5.41, 5.74) is 7.11. The van der Waals surface area contributed by atoms with Crippen molar-refractivity contribution in [3.8, 4) is 5.75 Å². The molecule has 3 N–H and O–H groups in total. The first-order valence-corrected chi connectivity index (χ1v) is 6.74. The Morgan fingerprint density at radius 2 is 1.89 bits per heavy atom. The van der Waals surface area contributed by atoms with Crippen molar-refractivity contribution in [3.05, 3.63) is 63.1 Å². The van der Waals surface area contributed by atoms with Gasteiger partial charge in [0.15, 0.2) is 0 Å². The van der Waals surface area contributed by atoms with Gasteiger partial charge in [0, 0.05) is 10.6 Å². The van der Waals surface area contributed by atoms with Crippen molar-refractivity contribution in [2.75, 3.05) is 0 Å². The van der Waals surface area contributed by atoms with Gasteiger partial charge in [-0.1, -0.05) is 23.7 Å². The summed E-state index contributed by atoms with van der Waals surface area (Å²) in [6.07, 6.45) is 0. The maximum absolute atomic E-state index is 7.36. The fourth-order valence-corrected chi connectivity index (χ4v) is 2.15. The lowest BCUT2D eigenvalue weighted by Gasteiger charge is -2.09. The topological polar surface area (TPSA) is 59.1 Å². The number of nitrogen functional groups attached to an aromatic ring is 1. The molecule has 2 aromatic rings. The Labute approximate surface area is 125 Å². The van der Waals surface area contributed by atoms with E-state index in [2.05, 4.69) is 15.9 Å². The molecule has 2 rings (SSSR count). The minimum absolute atomic E-state index is 0.0324. The summed E-state index contributed by atoms with van der Waals surface area (Å²) in [6.45, 7) is 0.454. The summed E-state index contributed by atoms with van der Waals surface area (Å²) in [7, 11) is 0. The average molecular weight is 340 g/mol. The minimum Gasteiger partial charge on any atom is -0.488 e. The van der Waals surface area contributed by atoms with Crippen LogP contribution in [0.5, 0.6) is 5.75 Å². The molecule has 0 saturated heterocycles. The van der Waals surface area contributed by atoms with Crippen LogP contribution in [0.25, 0.3) is 0 Å². The minimum atomic E-state index is 0.0324. The predicted octanol–water partition coefficient (Wildman–Crippen LogP) is 3.97. The average Bonchev–Trinajstić information content (AvgIpc) is 2.39. The highest BCUT2D eigenvalue weighted by Crippen LogP contribution is 2.26. The zero-order valence-electron chi connectivity index (χ0n) is 9.99. The van der Waals surface area contributed by atoms with Crippen LogP contribution in [0.2, 0.25) is 5.02 Å². The lowest BCUT2D eigenvalue weighted by molar-refractivity contribution is 0.304. The van der Waals surface area contributed by atoms with Crippen molar-refractivity contribution in [3.63, 3.8) is 0 Å². The molecule has 0 saturated carbocycles. The van der Waals surface area contributed by atoms with E-state index in [1.165, 1.54) is 0 Å². The Hall–Kier alpha value is -1.52. The number of rotatable bonds is 4. The highest BCUT2D eigenvalue weighted by molar-refractivity contribution is 9.10. The third-order valence-corrected chi connectivity index (χ3v) is 3.42.